The van der Waals surface area contributed by atoms with Gasteiger partial charge in [-0.15, -0.1) is 11.3 Å². The number of hydrogen-bond donors (Lipinski definition) is 1. The first-order valence-corrected chi connectivity index (χ1v) is 9.98. The zero-order valence-electron chi connectivity index (χ0n) is 16.6. The van der Waals surface area contributed by atoms with E-state index in [9.17, 15) is 14.9 Å². The van der Waals surface area contributed by atoms with E-state index in [1.54, 1.807) is 6.08 Å². The summed E-state index contributed by atoms with van der Waals surface area (Å²) in [5, 5.41) is 14.2. The van der Waals surface area contributed by atoms with Crippen LogP contribution in [-0.4, -0.2) is 23.6 Å². The molecule has 0 saturated heterocycles. The number of rotatable bonds is 8. The molecule has 1 atom stereocenters. The molecule has 0 aromatic carbocycles. The van der Waals surface area contributed by atoms with Gasteiger partial charge in [0.25, 0.3) is 5.91 Å². The number of thiophene rings is 1. The number of ether oxygens (including phenoxy) is 1. The summed E-state index contributed by atoms with van der Waals surface area (Å²) in [5.41, 5.74) is 2.95. The van der Waals surface area contributed by atoms with Crippen LogP contribution >= 0.6 is 11.3 Å². The number of amides is 1. The highest BCUT2D eigenvalue weighted by molar-refractivity contribution is 7.10. The molecule has 1 unspecified atom stereocenters. The third-order valence-corrected chi connectivity index (χ3v) is 5.50. The maximum absolute atomic E-state index is 12.7. The van der Waals surface area contributed by atoms with Crippen molar-refractivity contribution in [3.63, 3.8) is 0 Å². The number of carbonyl (C=O) groups excluding carboxylic acids is 2. The maximum atomic E-state index is 12.7. The lowest BCUT2D eigenvalue weighted by atomic mass is 10.1. The highest BCUT2D eigenvalue weighted by atomic mass is 32.1. The topological polar surface area (TPSA) is 84.1 Å². The molecule has 148 valence electrons. The Labute approximate surface area is 169 Å². The predicted molar refractivity (Wildman–Crippen MR) is 110 cm³/mol. The van der Waals surface area contributed by atoms with Crippen molar-refractivity contribution in [1.29, 1.82) is 5.26 Å². The minimum Gasteiger partial charge on any atom is -0.469 e. The zero-order valence-corrected chi connectivity index (χ0v) is 17.4. The van der Waals surface area contributed by atoms with Crippen molar-refractivity contribution in [2.45, 2.75) is 46.2 Å². The lowest BCUT2D eigenvalue weighted by molar-refractivity contribution is -0.141. The average molecular weight is 400 g/mol. The molecular weight excluding hydrogens is 374 g/mol. The van der Waals surface area contributed by atoms with Gasteiger partial charge in [0.15, 0.2) is 0 Å². The van der Waals surface area contributed by atoms with Crippen LogP contribution in [0.3, 0.4) is 0 Å². The Morgan fingerprint density at radius 3 is 2.75 bits per heavy atom. The second-order valence-electron chi connectivity index (χ2n) is 6.47. The fourth-order valence-corrected chi connectivity index (χ4v) is 3.82. The van der Waals surface area contributed by atoms with Gasteiger partial charge < -0.3 is 14.6 Å². The monoisotopic (exact) mass is 399 g/mol. The van der Waals surface area contributed by atoms with Crippen LogP contribution in [0.5, 0.6) is 0 Å². The van der Waals surface area contributed by atoms with Crippen molar-refractivity contribution in [3.8, 4) is 6.07 Å². The first-order valence-electron chi connectivity index (χ1n) is 9.10. The summed E-state index contributed by atoms with van der Waals surface area (Å²) < 4.78 is 6.90. The van der Waals surface area contributed by atoms with Crippen LogP contribution in [-0.2, 0) is 20.9 Å². The van der Waals surface area contributed by atoms with Crippen LogP contribution in [0.15, 0.2) is 29.2 Å². The van der Waals surface area contributed by atoms with Gasteiger partial charge in [-0.05, 0) is 49.4 Å². The van der Waals surface area contributed by atoms with Crippen molar-refractivity contribution in [3.05, 3.63) is 51.0 Å². The summed E-state index contributed by atoms with van der Waals surface area (Å²) >= 11 is 1.43. The lowest BCUT2D eigenvalue weighted by Crippen LogP contribution is -2.30. The van der Waals surface area contributed by atoms with Crippen molar-refractivity contribution in [1.82, 2.24) is 9.88 Å². The van der Waals surface area contributed by atoms with Gasteiger partial charge >= 0.3 is 5.97 Å². The first kappa shape index (κ1) is 21.5. The Bertz CT molecular complexity index is 904. The standard InChI is InChI=1S/C21H25N3O3S/c1-5-8-24-14(2)10-16(15(24)3)11-17(13-22)21(26)23-18(12-20(25)27-4)19-7-6-9-28-19/h6-7,9-11,18H,5,8,12H2,1-4H3,(H,23,26)/b17-11+. The number of carbonyl (C=O) groups is 2. The summed E-state index contributed by atoms with van der Waals surface area (Å²) in [5.74, 6) is -0.936. The first-order chi connectivity index (χ1) is 13.4. The second kappa shape index (κ2) is 9.90. The van der Waals surface area contributed by atoms with E-state index in [2.05, 4.69) is 16.8 Å². The van der Waals surface area contributed by atoms with E-state index >= 15 is 0 Å². The molecule has 0 aliphatic heterocycles. The number of esters is 1. The largest absolute Gasteiger partial charge is 0.469 e. The summed E-state index contributed by atoms with van der Waals surface area (Å²) in [7, 11) is 1.31. The zero-order chi connectivity index (χ0) is 20.7. The Balaban J connectivity index is 2.27. The number of methoxy groups -OCH3 is 1. The minimum absolute atomic E-state index is 0.00294. The number of aryl methyl sites for hydroxylation is 1. The van der Waals surface area contributed by atoms with Gasteiger partial charge in [-0.1, -0.05) is 13.0 Å². The summed E-state index contributed by atoms with van der Waals surface area (Å²) in [6.07, 6.45) is 2.61. The van der Waals surface area contributed by atoms with Gasteiger partial charge in [0, 0.05) is 22.8 Å². The molecule has 0 spiro atoms. The Morgan fingerprint density at radius 2 is 2.18 bits per heavy atom. The number of nitrogens with zero attached hydrogens (tertiary/aromatic N) is 2. The molecule has 1 amide bonds. The van der Waals surface area contributed by atoms with Crippen LogP contribution in [0.4, 0.5) is 0 Å². The summed E-state index contributed by atoms with van der Waals surface area (Å²) in [6, 6.07) is 7.11. The van der Waals surface area contributed by atoms with Crippen LogP contribution in [0.1, 0.15) is 47.6 Å². The molecule has 1 N–H and O–H groups in total. The van der Waals surface area contributed by atoms with Crippen molar-refractivity contribution >= 4 is 29.3 Å². The van der Waals surface area contributed by atoms with Gasteiger partial charge in [-0.25, -0.2) is 0 Å². The average Bonchev–Trinajstić information content (AvgIpc) is 3.30. The maximum Gasteiger partial charge on any atom is 0.307 e. The van der Waals surface area contributed by atoms with Gasteiger partial charge in [0.05, 0.1) is 19.6 Å². The normalized spacial score (nSPS) is 12.3. The molecular formula is C21H25N3O3S. The van der Waals surface area contributed by atoms with E-state index in [0.717, 1.165) is 34.8 Å². The molecule has 0 bridgehead atoms. The van der Waals surface area contributed by atoms with Crippen molar-refractivity contribution in [2.24, 2.45) is 0 Å². The van der Waals surface area contributed by atoms with Crippen molar-refractivity contribution in [2.75, 3.05) is 7.11 Å². The SMILES string of the molecule is CCCn1c(C)cc(/C=C(\C#N)C(=O)NC(CC(=O)OC)c2cccs2)c1C. The number of nitriles is 1. The second-order valence-corrected chi connectivity index (χ2v) is 7.45. The molecule has 2 heterocycles. The molecule has 0 radical (unpaired) electrons. The molecule has 2 rings (SSSR count). The van der Waals surface area contributed by atoms with E-state index in [1.807, 2.05) is 43.5 Å². The fourth-order valence-electron chi connectivity index (χ4n) is 3.04. The molecule has 0 aliphatic carbocycles. The Hall–Kier alpha value is -2.85. The molecule has 0 aliphatic rings. The molecule has 7 heteroatoms. The number of aromatic nitrogens is 1. The van der Waals surface area contributed by atoms with Crippen LogP contribution in [0, 0.1) is 25.2 Å². The molecule has 2 aromatic heterocycles. The van der Waals surface area contributed by atoms with E-state index < -0.39 is 17.9 Å². The third kappa shape index (κ3) is 5.11. The van der Waals surface area contributed by atoms with Gasteiger partial charge in [0.1, 0.15) is 11.6 Å². The van der Waals surface area contributed by atoms with E-state index in [1.165, 1.54) is 18.4 Å². The van der Waals surface area contributed by atoms with Crippen LogP contribution in [0.25, 0.3) is 6.08 Å². The lowest BCUT2D eigenvalue weighted by Gasteiger charge is -2.16. The highest BCUT2D eigenvalue weighted by Crippen LogP contribution is 2.24. The Morgan fingerprint density at radius 1 is 1.43 bits per heavy atom. The summed E-state index contributed by atoms with van der Waals surface area (Å²) in [6.45, 7) is 6.98. The molecule has 28 heavy (non-hydrogen) atoms. The predicted octanol–water partition coefficient (Wildman–Crippen LogP) is 3.90. The smallest absolute Gasteiger partial charge is 0.307 e. The quantitative estimate of drug-likeness (QED) is 0.414. The minimum atomic E-state index is -0.538. The molecule has 0 fully saturated rings. The van der Waals surface area contributed by atoms with E-state index in [4.69, 9.17) is 4.74 Å². The number of nitrogens with one attached hydrogen (secondary N) is 1. The molecule has 2 aromatic rings. The Kier molecular flexibility index (Phi) is 7.59. The summed E-state index contributed by atoms with van der Waals surface area (Å²) in [4.78, 5) is 25.3. The van der Waals surface area contributed by atoms with Gasteiger partial charge in [0.2, 0.25) is 0 Å². The van der Waals surface area contributed by atoms with Crippen LogP contribution < -0.4 is 5.32 Å². The van der Waals surface area contributed by atoms with Gasteiger partial charge in [-0.3, -0.25) is 9.59 Å². The molecule has 0 saturated carbocycles. The number of hydrogen-bond acceptors (Lipinski definition) is 5. The molecule has 6 nitrogen and oxygen atoms in total. The third-order valence-electron chi connectivity index (χ3n) is 4.52. The van der Waals surface area contributed by atoms with E-state index in [0.29, 0.717) is 0 Å². The van der Waals surface area contributed by atoms with Gasteiger partial charge in [-0.2, -0.15) is 5.26 Å². The van der Waals surface area contributed by atoms with Crippen molar-refractivity contribution < 1.29 is 14.3 Å². The van der Waals surface area contributed by atoms with E-state index in [-0.39, 0.29) is 12.0 Å². The van der Waals surface area contributed by atoms with Crippen LogP contribution in [0.2, 0.25) is 0 Å². The fraction of sp³-hybridized carbons (Fsp3) is 0.381. The highest BCUT2D eigenvalue weighted by Gasteiger charge is 2.22.